The van der Waals surface area contributed by atoms with Crippen molar-refractivity contribution in [2.45, 2.75) is 19.4 Å². The fourth-order valence-corrected chi connectivity index (χ4v) is 2.47. The van der Waals surface area contributed by atoms with E-state index >= 15 is 0 Å². The third-order valence-corrected chi connectivity index (χ3v) is 3.49. The summed E-state index contributed by atoms with van der Waals surface area (Å²) in [4.78, 5) is 0. The second-order valence-corrected chi connectivity index (χ2v) is 5.01. The van der Waals surface area contributed by atoms with Gasteiger partial charge >= 0.3 is 0 Å². The Hall–Kier alpha value is -2.10. The number of halogens is 2. The Bertz CT molecular complexity index is 622. The molecule has 4 heteroatoms. The van der Waals surface area contributed by atoms with Crippen LogP contribution < -0.4 is 10.1 Å². The lowest BCUT2D eigenvalue weighted by Gasteiger charge is -2.15. The van der Waals surface area contributed by atoms with Crippen molar-refractivity contribution in [2.24, 2.45) is 0 Å². The van der Waals surface area contributed by atoms with Crippen LogP contribution in [0, 0.1) is 18.6 Å². The van der Waals surface area contributed by atoms with Crippen molar-refractivity contribution in [2.75, 3.05) is 11.9 Å². The summed E-state index contributed by atoms with van der Waals surface area (Å²) in [5.74, 6) is 0.181. The van der Waals surface area contributed by atoms with Crippen LogP contribution in [0.25, 0.3) is 0 Å². The van der Waals surface area contributed by atoms with Gasteiger partial charge in [0.2, 0.25) is 0 Å². The first-order valence-electron chi connectivity index (χ1n) is 6.57. The van der Waals surface area contributed by atoms with E-state index in [1.807, 2.05) is 13.0 Å². The van der Waals surface area contributed by atoms with E-state index in [4.69, 9.17) is 4.74 Å². The predicted octanol–water partition coefficient (Wildman–Crippen LogP) is 3.69. The molecule has 1 unspecified atom stereocenters. The van der Waals surface area contributed by atoms with Gasteiger partial charge in [0.05, 0.1) is 12.2 Å². The van der Waals surface area contributed by atoms with Crippen LogP contribution in [0.4, 0.5) is 14.5 Å². The molecule has 0 aliphatic carbocycles. The van der Waals surface area contributed by atoms with Gasteiger partial charge in [0.25, 0.3) is 0 Å². The number of benzene rings is 2. The van der Waals surface area contributed by atoms with Crippen molar-refractivity contribution >= 4 is 5.69 Å². The van der Waals surface area contributed by atoms with Crippen molar-refractivity contribution in [3.05, 3.63) is 59.2 Å². The molecule has 0 saturated heterocycles. The van der Waals surface area contributed by atoms with E-state index in [-0.39, 0.29) is 17.7 Å². The summed E-state index contributed by atoms with van der Waals surface area (Å²) in [5.41, 5.74) is 2.21. The molecule has 3 rings (SSSR count). The molecule has 0 fully saturated rings. The van der Waals surface area contributed by atoms with Crippen molar-refractivity contribution in [1.29, 1.82) is 0 Å². The number of para-hydroxylation sites is 1. The van der Waals surface area contributed by atoms with Crippen LogP contribution in [0.1, 0.15) is 11.1 Å². The highest BCUT2D eigenvalue weighted by Crippen LogP contribution is 2.29. The predicted molar refractivity (Wildman–Crippen MR) is 74.1 cm³/mol. The number of nitrogens with one attached hydrogen (secondary N) is 1. The zero-order valence-corrected chi connectivity index (χ0v) is 11.1. The molecule has 2 aromatic carbocycles. The molecule has 0 saturated carbocycles. The molecule has 1 atom stereocenters. The normalized spacial score (nSPS) is 16.6. The maximum atomic E-state index is 13.7. The molecule has 0 amide bonds. The Morgan fingerprint density at radius 2 is 2.10 bits per heavy atom. The number of hydrogen-bond acceptors (Lipinski definition) is 2. The maximum absolute atomic E-state index is 13.7. The third-order valence-electron chi connectivity index (χ3n) is 3.49. The molecule has 1 heterocycles. The first-order valence-corrected chi connectivity index (χ1v) is 6.57. The molecule has 0 radical (unpaired) electrons. The number of rotatable bonds is 3. The summed E-state index contributed by atoms with van der Waals surface area (Å²) in [6.45, 7) is 2.34. The second kappa shape index (κ2) is 5.12. The van der Waals surface area contributed by atoms with Crippen molar-refractivity contribution < 1.29 is 13.5 Å². The number of anilines is 1. The monoisotopic (exact) mass is 275 g/mol. The molecule has 0 bridgehead atoms. The third kappa shape index (κ3) is 2.46. The van der Waals surface area contributed by atoms with Gasteiger partial charge < -0.3 is 10.1 Å². The van der Waals surface area contributed by atoms with E-state index in [1.165, 1.54) is 18.2 Å². The van der Waals surface area contributed by atoms with Gasteiger partial charge in [0.15, 0.2) is 0 Å². The molecule has 0 spiro atoms. The number of aryl methyl sites for hydroxylation is 1. The number of hydrogen-bond donors (Lipinski definition) is 1. The van der Waals surface area contributed by atoms with Gasteiger partial charge in [-0.3, -0.25) is 0 Å². The minimum Gasteiger partial charge on any atom is -0.488 e. The summed E-state index contributed by atoms with van der Waals surface area (Å²) in [6.07, 6.45) is 0.527. The first kappa shape index (κ1) is 12.9. The Morgan fingerprint density at radius 1 is 1.25 bits per heavy atom. The lowest BCUT2D eigenvalue weighted by molar-refractivity contribution is 0.246. The van der Waals surface area contributed by atoms with E-state index in [1.54, 1.807) is 12.1 Å². The zero-order valence-electron chi connectivity index (χ0n) is 11.1. The Labute approximate surface area is 116 Å². The lowest BCUT2D eigenvalue weighted by atomic mass is 10.1. The minimum absolute atomic E-state index is 0.106. The summed E-state index contributed by atoms with van der Waals surface area (Å²) in [7, 11) is 0. The van der Waals surface area contributed by atoms with E-state index < -0.39 is 0 Å². The fraction of sp³-hybridized carbons (Fsp3) is 0.250. The topological polar surface area (TPSA) is 21.3 Å². The average Bonchev–Trinajstić information content (AvgIpc) is 2.80. The highest BCUT2D eigenvalue weighted by atomic mass is 19.1. The molecule has 2 nitrogen and oxygen atoms in total. The smallest absolute Gasteiger partial charge is 0.146 e. The number of fused-ring (bicyclic) bond motifs is 1. The van der Waals surface area contributed by atoms with Crippen LogP contribution in [0.2, 0.25) is 0 Å². The van der Waals surface area contributed by atoms with E-state index in [9.17, 15) is 8.78 Å². The van der Waals surface area contributed by atoms with Crippen LogP contribution in [0.5, 0.6) is 5.75 Å². The fourth-order valence-electron chi connectivity index (χ4n) is 2.47. The van der Waals surface area contributed by atoms with Gasteiger partial charge in [0, 0.05) is 12.0 Å². The highest BCUT2D eigenvalue weighted by molar-refractivity contribution is 5.52. The molecule has 0 aromatic heterocycles. The molecular weight excluding hydrogens is 260 g/mol. The molecule has 20 heavy (non-hydrogen) atoms. The van der Waals surface area contributed by atoms with E-state index in [2.05, 4.69) is 5.32 Å². The van der Waals surface area contributed by atoms with Gasteiger partial charge in [-0.25, -0.2) is 8.78 Å². The standard InChI is InChI=1S/C16H15F2NO/c1-10-3-2-4-14(18)16(10)19-9-13-8-11-7-12(17)5-6-15(11)20-13/h2-7,13,19H,8-9H2,1H3. The van der Waals surface area contributed by atoms with Crippen molar-refractivity contribution in [3.8, 4) is 5.75 Å². The molecule has 104 valence electrons. The summed E-state index contributed by atoms with van der Waals surface area (Å²) < 4.78 is 32.5. The summed E-state index contributed by atoms with van der Waals surface area (Å²) >= 11 is 0. The maximum Gasteiger partial charge on any atom is 0.146 e. The average molecular weight is 275 g/mol. The van der Waals surface area contributed by atoms with Crippen LogP contribution in [-0.2, 0) is 6.42 Å². The Kier molecular flexibility index (Phi) is 3.30. The quantitative estimate of drug-likeness (QED) is 0.922. The van der Waals surface area contributed by atoms with Crippen molar-refractivity contribution in [3.63, 3.8) is 0 Å². The number of ether oxygens (including phenoxy) is 1. The summed E-state index contributed by atoms with van der Waals surface area (Å²) in [5, 5.41) is 3.08. The zero-order chi connectivity index (χ0) is 14.1. The molecule has 2 aromatic rings. The second-order valence-electron chi connectivity index (χ2n) is 5.01. The van der Waals surface area contributed by atoms with Crippen LogP contribution in [0.15, 0.2) is 36.4 Å². The Morgan fingerprint density at radius 3 is 2.90 bits per heavy atom. The molecular formula is C16H15F2NO. The van der Waals surface area contributed by atoms with E-state index in [0.29, 0.717) is 24.4 Å². The lowest BCUT2D eigenvalue weighted by Crippen LogP contribution is -2.24. The van der Waals surface area contributed by atoms with Gasteiger partial charge in [-0.1, -0.05) is 12.1 Å². The van der Waals surface area contributed by atoms with Gasteiger partial charge in [-0.2, -0.15) is 0 Å². The van der Waals surface area contributed by atoms with Gasteiger partial charge in [-0.15, -0.1) is 0 Å². The Balaban J connectivity index is 1.67. The SMILES string of the molecule is Cc1cccc(F)c1NCC1Cc2cc(F)ccc2O1. The minimum atomic E-state index is -0.272. The van der Waals surface area contributed by atoms with Gasteiger partial charge in [-0.05, 0) is 36.8 Å². The first-order chi connectivity index (χ1) is 9.63. The largest absolute Gasteiger partial charge is 0.488 e. The van der Waals surface area contributed by atoms with Crippen LogP contribution in [-0.4, -0.2) is 12.6 Å². The highest BCUT2D eigenvalue weighted by Gasteiger charge is 2.23. The van der Waals surface area contributed by atoms with Gasteiger partial charge in [0.1, 0.15) is 23.5 Å². The molecule has 1 aliphatic rings. The molecule has 1 aliphatic heterocycles. The summed E-state index contributed by atoms with van der Waals surface area (Å²) in [6, 6.07) is 9.47. The van der Waals surface area contributed by atoms with Crippen LogP contribution >= 0.6 is 0 Å². The molecule has 1 N–H and O–H groups in total. The van der Waals surface area contributed by atoms with Crippen LogP contribution in [0.3, 0.4) is 0 Å². The van der Waals surface area contributed by atoms with E-state index in [0.717, 1.165) is 11.1 Å². The van der Waals surface area contributed by atoms with Crippen molar-refractivity contribution in [1.82, 2.24) is 0 Å².